The molecule has 0 aromatic heterocycles. The Balaban J connectivity index is 0.000000310. The summed E-state index contributed by atoms with van der Waals surface area (Å²) in [6.45, 7) is 3.08. The van der Waals surface area contributed by atoms with E-state index in [1.54, 1.807) is 0 Å². The minimum atomic E-state index is -0.310. The lowest BCUT2D eigenvalue weighted by molar-refractivity contribution is -0.119. The minimum absolute atomic E-state index is 0.185. The normalized spacial score (nSPS) is 22.8. The third-order valence-corrected chi connectivity index (χ3v) is 7.09. The summed E-state index contributed by atoms with van der Waals surface area (Å²) < 4.78 is 5.97. The van der Waals surface area contributed by atoms with Crippen molar-refractivity contribution in [3.63, 3.8) is 0 Å². The van der Waals surface area contributed by atoms with Gasteiger partial charge in [-0.05, 0) is 37.0 Å². The summed E-state index contributed by atoms with van der Waals surface area (Å²) in [4.78, 5) is 43.0. The SMILES string of the molecule is CC1(COc2ccc(CC3SC(=O)NC3=O)cc2)CCCCC1.O=C1CSC(=O)N1. The second-order valence-electron chi connectivity index (χ2n) is 8.02. The summed E-state index contributed by atoms with van der Waals surface area (Å²) in [5, 5.41) is 3.63. The standard InChI is InChI=1S/C18H23NO3S.C3H3NO2S/c1-18(9-3-2-4-10-18)12-22-14-7-5-13(6-8-14)11-15-16(20)19-17(21)23-15;5-2-1-7-3(6)4-2/h5-8,15H,2-4,9-12H2,1H3,(H,19,20,21);1H2,(H,4,5,6). The molecule has 0 bridgehead atoms. The Hall–Kier alpha value is -2.00. The topological polar surface area (TPSA) is 102 Å². The average molecular weight is 451 g/mol. The van der Waals surface area contributed by atoms with E-state index in [2.05, 4.69) is 17.6 Å². The van der Waals surface area contributed by atoms with Crippen molar-refractivity contribution in [3.8, 4) is 5.75 Å². The van der Waals surface area contributed by atoms with E-state index >= 15 is 0 Å². The van der Waals surface area contributed by atoms with E-state index in [1.165, 1.54) is 32.1 Å². The third kappa shape index (κ3) is 6.77. The number of ether oxygens (including phenoxy) is 1. The van der Waals surface area contributed by atoms with Crippen LogP contribution in [-0.4, -0.2) is 39.9 Å². The molecule has 3 aliphatic rings. The summed E-state index contributed by atoms with van der Waals surface area (Å²) in [7, 11) is 0. The van der Waals surface area contributed by atoms with Crippen LogP contribution >= 0.6 is 23.5 Å². The molecular formula is C21H26N2O5S2. The molecule has 2 saturated heterocycles. The smallest absolute Gasteiger partial charge is 0.286 e. The second-order valence-corrected chi connectivity index (χ2v) is 10.1. The molecule has 4 amide bonds. The predicted molar refractivity (Wildman–Crippen MR) is 118 cm³/mol. The van der Waals surface area contributed by atoms with Crippen LogP contribution in [0.1, 0.15) is 44.6 Å². The first-order chi connectivity index (χ1) is 14.3. The molecule has 1 unspecified atom stereocenters. The van der Waals surface area contributed by atoms with E-state index in [9.17, 15) is 19.2 Å². The number of carbonyl (C=O) groups is 4. The van der Waals surface area contributed by atoms with Gasteiger partial charge in [-0.15, -0.1) is 0 Å². The highest BCUT2D eigenvalue weighted by Crippen LogP contribution is 2.36. The van der Waals surface area contributed by atoms with Crippen LogP contribution in [0.3, 0.4) is 0 Å². The average Bonchev–Trinajstić information content (AvgIpc) is 3.25. The highest BCUT2D eigenvalue weighted by molar-refractivity contribution is 8.15. The van der Waals surface area contributed by atoms with Crippen molar-refractivity contribution in [2.24, 2.45) is 5.41 Å². The van der Waals surface area contributed by atoms with Crippen molar-refractivity contribution >= 4 is 45.8 Å². The molecule has 0 radical (unpaired) electrons. The van der Waals surface area contributed by atoms with Gasteiger partial charge in [0.1, 0.15) is 5.75 Å². The highest BCUT2D eigenvalue weighted by Gasteiger charge is 2.31. The van der Waals surface area contributed by atoms with E-state index in [1.807, 2.05) is 24.3 Å². The number of carbonyl (C=O) groups excluding carboxylic acids is 4. The Bertz CT molecular complexity index is 792. The van der Waals surface area contributed by atoms with Crippen LogP contribution in [0, 0.1) is 5.41 Å². The number of hydrogen-bond donors (Lipinski definition) is 2. The first kappa shape index (κ1) is 22.7. The summed E-state index contributed by atoms with van der Waals surface area (Å²) in [5.41, 5.74) is 1.35. The van der Waals surface area contributed by atoms with Crippen molar-refractivity contribution in [1.82, 2.24) is 10.6 Å². The maximum atomic E-state index is 11.6. The first-order valence-electron chi connectivity index (χ1n) is 10.0. The molecule has 2 aliphatic heterocycles. The molecule has 4 rings (SSSR count). The largest absolute Gasteiger partial charge is 0.493 e. The van der Waals surface area contributed by atoms with Crippen LogP contribution in [0.5, 0.6) is 5.75 Å². The molecule has 0 spiro atoms. The van der Waals surface area contributed by atoms with Crippen LogP contribution in [0.25, 0.3) is 0 Å². The van der Waals surface area contributed by atoms with Gasteiger partial charge < -0.3 is 4.74 Å². The molecule has 7 nitrogen and oxygen atoms in total. The van der Waals surface area contributed by atoms with E-state index in [-0.39, 0.29) is 27.5 Å². The van der Waals surface area contributed by atoms with Gasteiger partial charge >= 0.3 is 0 Å². The van der Waals surface area contributed by atoms with Crippen molar-refractivity contribution in [2.75, 3.05) is 12.4 Å². The van der Waals surface area contributed by atoms with Crippen LogP contribution in [0.4, 0.5) is 9.59 Å². The molecule has 1 atom stereocenters. The molecule has 1 aromatic rings. The number of amides is 4. The van der Waals surface area contributed by atoms with Crippen molar-refractivity contribution < 1.29 is 23.9 Å². The lowest BCUT2D eigenvalue weighted by Crippen LogP contribution is -2.27. The monoisotopic (exact) mass is 450 g/mol. The molecule has 1 aliphatic carbocycles. The number of benzene rings is 1. The zero-order chi connectivity index (χ0) is 21.6. The van der Waals surface area contributed by atoms with Gasteiger partial charge in [0.05, 0.1) is 17.6 Å². The molecule has 1 saturated carbocycles. The summed E-state index contributed by atoms with van der Waals surface area (Å²) in [5.74, 6) is 0.791. The van der Waals surface area contributed by atoms with Crippen LogP contribution in [0.2, 0.25) is 0 Å². The van der Waals surface area contributed by atoms with Gasteiger partial charge in [-0.25, -0.2) is 0 Å². The number of nitrogens with one attached hydrogen (secondary N) is 2. The fraction of sp³-hybridized carbons (Fsp3) is 0.524. The summed E-state index contributed by atoms with van der Waals surface area (Å²) in [6, 6.07) is 7.88. The third-order valence-electron chi connectivity index (χ3n) is 5.34. The fourth-order valence-corrected chi connectivity index (χ4v) is 4.97. The Morgan fingerprint density at radius 3 is 2.20 bits per heavy atom. The van der Waals surface area contributed by atoms with E-state index in [0.717, 1.165) is 41.4 Å². The molecule has 2 N–H and O–H groups in total. The molecule has 30 heavy (non-hydrogen) atoms. The number of thioether (sulfide) groups is 2. The van der Waals surface area contributed by atoms with Gasteiger partial charge in [0.15, 0.2) is 0 Å². The lowest BCUT2D eigenvalue weighted by atomic mass is 9.76. The molecule has 1 aromatic carbocycles. The lowest BCUT2D eigenvalue weighted by Gasteiger charge is -2.33. The molecule has 3 fully saturated rings. The predicted octanol–water partition coefficient (Wildman–Crippen LogP) is 3.90. The van der Waals surface area contributed by atoms with Crippen molar-refractivity contribution in [2.45, 2.75) is 50.7 Å². The van der Waals surface area contributed by atoms with Gasteiger partial charge in [-0.1, -0.05) is 61.8 Å². The quantitative estimate of drug-likeness (QED) is 0.701. The number of imide groups is 2. The van der Waals surface area contributed by atoms with Crippen LogP contribution < -0.4 is 15.4 Å². The second kappa shape index (κ2) is 10.3. The Morgan fingerprint density at radius 1 is 1.00 bits per heavy atom. The van der Waals surface area contributed by atoms with Gasteiger partial charge in [0, 0.05) is 5.41 Å². The zero-order valence-corrected chi connectivity index (χ0v) is 18.5. The Morgan fingerprint density at radius 2 is 1.70 bits per heavy atom. The summed E-state index contributed by atoms with van der Waals surface area (Å²) in [6.07, 6.45) is 7.01. The Labute approximate surface area is 184 Å². The number of rotatable bonds is 5. The number of hydrogen-bond acceptors (Lipinski definition) is 7. The zero-order valence-electron chi connectivity index (χ0n) is 16.9. The maximum absolute atomic E-state index is 11.6. The molecule has 162 valence electrons. The maximum Gasteiger partial charge on any atom is 0.286 e. The van der Waals surface area contributed by atoms with E-state index in [0.29, 0.717) is 17.6 Å². The van der Waals surface area contributed by atoms with E-state index < -0.39 is 0 Å². The summed E-state index contributed by atoms with van der Waals surface area (Å²) >= 11 is 2.08. The van der Waals surface area contributed by atoms with Crippen LogP contribution in [-0.2, 0) is 16.0 Å². The van der Waals surface area contributed by atoms with Crippen molar-refractivity contribution in [3.05, 3.63) is 29.8 Å². The van der Waals surface area contributed by atoms with Gasteiger partial charge in [-0.3, -0.25) is 29.8 Å². The molecule has 2 heterocycles. The minimum Gasteiger partial charge on any atom is -0.493 e. The highest BCUT2D eigenvalue weighted by atomic mass is 32.2. The molecular weight excluding hydrogens is 424 g/mol. The van der Waals surface area contributed by atoms with Gasteiger partial charge in [0.25, 0.3) is 10.5 Å². The van der Waals surface area contributed by atoms with Crippen molar-refractivity contribution in [1.29, 1.82) is 0 Å². The van der Waals surface area contributed by atoms with Crippen LogP contribution in [0.15, 0.2) is 24.3 Å². The first-order valence-corrected chi connectivity index (χ1v) is 11.9. The van der Waals surface area contributed by atoms with Gasteiger partial charge in [0.2, 0.25) is 11.8 Å². The fourth-order valence-electron chi connectivity index (χ4n) is 3.59. The Kier molecular flexibility index (Phi) is 7.82. The molecule has 9 heteroatoms. The van der Waals surface area contributed by atoms with Gasteiger partial charge in [-0.2, -0.15) is 0 Å². The van der Waals surface area contributed by atoms with E-state index in [4.69, 9.17) is 4.74 Å².